The Balaban J connectivity index is 1.58. The molecule has 4 nitrogen and oxygen atoms in total. The minimum Gasteiger partial charge on any atom is -0.497 e. The molecule has 1 N–H and O–H groups in total. The lowest BCUT2D eigenvalue weighted by Crippen LogP contribution is -2.18. The number of amides is 1. The number of carbonyl (C=O) groups excluding carboxylic acids is 1. The topological polar surface area (TPSA) is 47.6 Å². The lowest BCUT2D eigenvalue weighted by Gasteiger charge is -2.14. The molecule has 30 heavy (non-hydrogen) atoms. The first kappa shape index (κ1) is 21.7. The molecule has 0 saturated carbocycles. The number of nitrogens with one attached hydrogen (secondary N) is 1. The molecule has 0 aliphatic heterocycles. The van der Waals surface area contributed by atoms with Crippen LogP contribution in [0, 0.1) is 0 Å². The van der Waals surface area contributed by atoms with E-state index in [4.69, 9.17) is 9.47 Å². The Morgan fingerprint density at radius 1 is 0.900 bits per heavy atom. The largest absolute Gasteiger partial charge is 0.497 e. The van der Waals surface area contributed by atoms with Gasteiger partial charge in [0.05, 0.1) is 19.6 Å². The van der Waals surface area contributed by atoms with Gasteiger partial charge in [-0.2, -0.15) is 0 Å². The van der Waals surface area contributed by atoms with Crippen molar-refractivity contribution < 1.29 is 14.3 Å². The summed E-state index contributed by atoms with van der Waals surface area (Å²) in [6.07, 6.45) is 4.74. The van der Waals surface area contributed by atoms with E-state index in [9.17, 15) is 4.79 Å². The Bertz CT molecular complexity index is 966. The third-order valence-electron chi connectivity index (χ3n) is 5.35. The summed E-state index contributed by atoms with van der Waals surface area (Å²) in [5, 5.41) is 5.19. The van der Waals surface area contributed by atoms with Crippen LogP contribution in [0.15, 0.2) is 60.7 Å². The van der Waals surface area contributed by atoms with Gasteiger partial charge in [-0.25, -0.2) is 0 Å². The molecular formula is C26H31NO3. The second kappa shape index (κ2) is 10.7. The number of anilines is 1. The van der Waals surface area contributed by atoms with Gasteiger partial charge < -0.3 is 14.8 Å². The summed E-state index contributed by atoms with van der Waals surface area (Å²) >= 11 is 0. The molecule has 0 saturated heterocycles. The summed E-state index contributed by atoms with van der Waals surface area (Å²) in [5.41, 5.74) is 1.76. The maximum atomic E-state index is 12.7. The second-order valence-electron chi connectivity index (χ2n) is 7.62. The van der Waals surface area contributed by atoms with Crippen molar-refractivity contribution in [2.24, 2.45) is 0 Å². The van der Waals surface area contributed by atoms with Crippen molar-refractivity contribution >= 4 is 22.4 Å². The van der Waals surface area contributed by atoms with E-state index in [2.05, 4.69) is 18.3 Å². The Morgan fingerprint density at radius 3 is 2.33 bits per heavy atom. The van der Waals surface area contributed by atoms with Crippen LogP contribution in [0.5, 0.6) is 11.5 Å². The molecule has 0 radical (unpaired) electrons. The zero-order chi connectivity index (χ0) is 21.3. The van der Waals surface area contributed by atoms with Crippen LogP contribution in [-0.2, 0) is 4.79 Å². The Hall–Kier alpha value is -3.01. The number of unbranched alkanes of at least 4 members (excludes halogenated alkanes) is 3. The zero-order valence-corrected chi connectivity index (χ0v) is 18.1. The number of ether oxygens (including phenoxy) is 2. The van der Waals surface area contributed by atoms with Crippen molar-refractivity contribution in [3.8, 4) is 11.5 Å². The first-order chi connectivity index (χ1) is 14.6. The molecule has 0 fully saturated rings. The lowest BCUT2D eigenvalue weighted by molar-refractivity contribution is -0.117. The summed E-state index contributed by atoms with van der Waals surface area (Å²) < 4.78 is 11.0. The maximum absolute atomic E-state index is 12.7. The molecule has 0 aliphatic rings. The normalized spacial score (nSPS) is 11.8. The molecule has 0 aliphatic carbocycles. The average molecular weight is 406 g/mol. The number of rotatable bonds is 10. The molecule has 3 aromatic rings. The smallest absolute Gasteiger partial charge is 0.231 e. The maximum Gasteiger partial charge on any atom is 0.231 e. The standard InChI is InChI=1S/C26H31NO3/c1-4-5-6-7-16-30-24-14-11-23(12-15-24)27-26(28)19(2)20-8-9-22-18-25(29-3)13-10-21(22)17-20/h8-15,17-19H,4-7,16H2,1-3H3,(H,27,28)/t19-/m0/s1. The van der Waals surface area contributed by atoms with Gasteiger partial charge in [-0.15, -0.1) is 0 Å². The van der Waals surface area contributed by atoms with Crippen LogP contribution in [-0.4, -0.2) is 19.6 Å². The van der Waals surface area contributed by atoms with E-state index < -0.39 is 0 Å². The van der Waals surface area contributed by atoms with Crippen LogP contribution in [0.2, 0.25) is 0 Å². The van der Waals surface area contributed by atoms with E-state index in [1.807, 2.05) is 61.5 Å². The SMILES string of the molecule is CCCCCCOc1ccc(NC(=O)[C@@H](C)c2ccc3cc(OC)ccc3c2)cc1. The Labute approximate surface area is 179 Å². The molecule has 0 aromatic heterocycles. The lowest BCUT2D eigenvalue weighted by atomic mass is 9.97. The van der Waals surface area contributed by atoms with Crippen molar-refractivity contribution in [2.45, 2.75) is 45.4 Å². The van der Waals surface area contributed by atoms with E-state index in [0.717, 1.165) is 46.6 Å². The number of hydrogen-bond acceptors (Lipinski definition) is 3. The monoisotopic (exact) mass is 405 g/mol. The highest BCUT2D eigenvalue weighted by Crippen LogP contribution is 2.26. The highest BCUT2D eigenvalue weighted by molar-refractivity contribution is 5.96. The minimum absolute atomic E-state index is 0.0314. The number of benzene rings is 3. The van der Waals surface area contributed by atoms with Gasteiger partial charge in [-0.1, -0.05) is 50.5 Å². The van der Waals surface area contributed by atoms with Crippen molar-refractivity contribution in [3.05, 3.63) is 66.2 Å². The first-order valence-electron chi connectivity index (χ1n) is 10.7. The molecule has 3 aromatic carbocycles. The summed E-state index contributed by atoms with van der Waals surface area (Å²) in [4.78, 5) is 12.7. The molecule has 1 atom stereocenters. The van der Waals surface area contributed by atoms with Gasteiger partial charge in [0.1, 0.15) is 11.5 Å². The highest BCUT2D eigenvalue weighted by atomic mass is 16.5. The van der Waals surface area contributed by atoms with E-state index in [1.54, 1.807) is 7.11 Å². The van der Waals surface area contributed by atoms with Crippen LogP contribution < -0.4 is 14.8 Å². The van der Waals surface area contributed by atoms with Gasteiger partial charge in [-0.3, -0.25) is 4.79 Å². The number of fused-ring (bicyclic) bond motifs is 1. The Morgan fingerprint density at radius 2 is 1.60 bits per heavy atom. The fourth-order valence-corrected chi connectivity index (χ4v) is 3.39. The predicted molar refractivity (Wildman–Crippen MR) is 124 cm³/mol. The summed E-state index contributed by atoms with van der Waals surface area (Å²) in [5.74, 6) is 1.37. The molecule has 4 heteroatoms. The summed E-state index contributed by atoms with van der Waals surface area (Å²) in [7, 11) is 1.66. The molecule has 0 spiro atoms. The molecule has 3 rings (SSSR count). The molecular weight excluding hydrogens is 374 g/mol. The van der Waals surface area contributed by atoms with Crippen molar-refractivity contribution in [1.29, 1.82) is 0 Å². The molecule has 0 unspecified atom stereocenters. The van der Waals surface area contributed by atoms with Crippen molar-refractivity contribution in [1.82, 2.24) is 0 Å². The van der Waals surface area contributed by atoms with Gasteiger partial charge in [0.25, 0.3) is 0 Å². The van der Waals surface area contributed by atoms with Crippen LogP contribution in [0.25, 0.3) is 10.8 Å². The van der Waals surface area contributed by atoms with Gasteiger partial charge in [-0.05, 0) is 66.1 Å². The van der Waals surface area contributed by atoms with E-state index in [1.165, 1.54) is 19.3 Å². The van der Waals surface area contributed by atoms with E-state index in [0.29, 0.717) is 0 Å². The minimum atomic E-state index is -0.258. The van der Waals surface area contributed by atoms with Crippen LogP contribution in [0.4, 0.5) is 5.69 Å². The predicted octanol–water partition coefficient (Wildman–Crippen LogP) is 6.55. The second-order valence-corrected chi connectivity index (χ2v) is 7.62. The third kappa shape index (κ3) is 5.76. The van der Waals surface area contributed by atoms with E-state index >= 15 is 0 Å². The van der Waals surface area contributed by atoms with Gasteiger partial charge in [0.2, 0.25) is 5.91 Å². The number of carbonyl (C=O) groups is 1. The molecule has 0 heterocycles. The van der Waals surface area contributed by atoms with E-state index in [-0.39, 0.29) is 11.8 Å². The fraction of sp³-hybridized carbons (Fsp3) is 0.346. The van der Waals surface area contributed by atoms with Crippen molar-refractivity contribution in [2.75, 3.05) is 19.0 Å². The van der Waals surface area contributed by atoms with Gasteiger partial charge in [0.15, 0.2) is 0 Å². The molecule has 1 amide bonds. The number of hydrogen-bond donors (Lipinski definition) is 1. The van der Waals surface area contributed by atoms with Crippen LogP contribution in [0.3, 0.4) is 0 Å². The first-order valence-corrected chi connectivity index (χ1v) is 10.7. The fourth-order valence-electron chi connectivity index (χ4n) is 3.39. The molecule has 0 bridgehead atoms. The van der Waals surface area contributed by atoms with Gasteiger partial charge in [0, 0.05) is 5.69 Å². The van der Waals surface area contributed by atoms with Crippen LogP contribution in [0.1, 0.15) is 51.0 Å². The number of methoxy groups -OCH3 is 1. The highest BCUT2D eigenvalue weighted by Gasteiger charge is 2.16. The Kier molecular flexibility index (Phi) is 7.72. The average Bonchev–Trinajstić information content (AvgIpc) is 2.78. The van der Waals surface area contributed by atoms with Gasteiger partial charge >= 0.3 is 0 Å². The summed E-state index contributed by atoms with van der Waals surface area (Å²) in [6, 6.07) is 19.6. The summed E-state index contributed by atoms with van der Waals surface area (Å²) in [6.45, 7) is 4.86. The third-order valence-corrected chi connectivity index (χ3v) is 5.35. The quantitative estimate of drug-likeness (QED) is 0.389. The zero-order valence-electron chi connectivity index (χ0n) is 18.1. The molecule has 158 valence electrons. The van der Waals surface area contributed by atoms with Crippen molar-refractivity contribution in [3.63, 3.8) is 0 Å². The van der Waals surface area contributed by atoms with Crippen LogP contribution >= 0.6 is 0 Å².